The minimum atomic E-state index is 0.694. The van der Waals surface area contributed by atoms with Gasteiger partial charge in [-0.15, -0.1) is 0 Å². The van der Waals surface area contributed by atoms with E-state index in [9.17, 15) is 0 Å². The summed E-state index contributed by atoms with van der Waals surface area (Å²) in [5.74, 6) is 0. The van der Waals surface area contributed by atoms with Crippen molar-refractivity contribution in [2.75, 3.05) is 16.5 Å². The van der Waals surface area contributed by atoms with E-state index in [-0.39, 0.29) is 0 Å². The van der Waals surface area contributed by atoms with Gasteiger partial charge in [0.2, 0.25) is 0 Å². The van der Waals surface area contributed by atoms with Crippen molar-refractivity contribution in [3.8, 4) is 11.1 Å². The molecule has 5 aromatic carbocycles. The Morgan fingerprint density at radius 1 is 0.538 bits per heavy atom. The van der Waals surface area contributed by atoms with E-state index in [1.807, 2.05) is 0 Å². The van der Waals surface area contributed by atoms with Crippen LogP contribution in [0.3, 0.4) is 0 Å². The molecule has 0 aromatic heterocycles. The molecule has 2 aliphatic rings. The highest BCUT2D eigenvalue weighted by Crippen LogP contribution is 2.48. The molecular formula is C35H26Br2N2. The second-order valence-electron chi connectivity index (χ2n) is 9.99. The summed E-state index contributed by atoms with van der Waals surface area (Å²) in [5.41, 5.74) is 9.69. The quantitative estimate of drug-likeness (QED) is 0.194. The Hall–Kier alpha value is -3.60. The van der Waals surface area contributed by atoms with Crippen LogP contribution in [0.5, 0.6) is 0 Å². The van der Waals surface area contributed by atoms with Crippen LogP contribution in [0.15, 0.2) is 130 Å². The first-order valence-electron chi connectivity index (χ1n) is 13.3. The minimum Gasteiger partial charge on any atom is -0.321 e. The zero-order valence-corrected chi connectivity index (χ0v) is 24.5. The van der Waals surface area contributed by atoms with Crippen molar-refractivity contribution in [1.29, 1.82) is 0 Å². The molecule has 1 aliphatic carbocycles. The average molecular weight is 634 g/mol. The van der Waals surface area contributed by atoms with E-state index in [1.165, 1.54) is 44.4 Å². The van der Waals surface area contributed by atoms with Crippen LogP contribution in [0, 0.1) is 0 Å². The van der Waals surface area contributed by atoms with Gasteiger partial charge in [0.05, 0.1) is 22.7 Å². The Kier molecular flexibility index (Phi) is 6.38. The molecule has 2 nitrogen and oxygen atoms in total. The first-order valence-corrected chi connectivity index (χ1v) is 14.8. The maximum atomic E-state index is 3.94. The Balaban J connectivity index is 1.35. The first-order chi connectivity index (χ1) is 19.2. The molecule has 39 heavy (non-hydrogen) atoms. The van der Waals surface area contributed by atoms with Gasteiger partial charge in [-0.05, 0) is 109 Å². The monoisotopic (exact) mass is 632 g/mol. The third-order valence-electron chi connectivity index (χ3n) is 7.64. The van der Waals surface area contributed by atoms with E-state index < -0.39 is 0 Å². The molecule has 0 saturated carbocycles. The zero-order chi connectivity index (χ0) is 26.3. The largest absolute Gasteiger partial charge is 0.321 e. The number of anilines is 4. The number of allylic oxidation sites excluding steroid dienone is 4. The summed E-state index contributed by atoms with van der Waals surface area (Å²) in [4.78, 5) is 4.84. The summed E-state index contributed by atoms with van der Waals surface area (Å²) < 4.78 is 2.17. The summed E-state index contributed by atoms with van der Waals surface area (Å²) in [5, 5.41) is 2.50. The fraction of sp³-hybridized carbons (Fsp3) is 0.0857. The molecule has 7 rings (SSSR count). The molecule has 0 radical (unpaired) electrons. The molecule has 4 heteroatoms. The second kappa shape index (κ2) is 10.2. The maximum absolute atomic E-state index is 3.94. The summed E-state index contributed by atoms with van der Waals surface area (Å²) in [6.45, 7) is 0.694. The van der Waals surface area contributed by atoms with Crippen LogP contribution < -0.4 is 9.80 Å². The van der Waals surface area contributed by atoms with Gasteiger partial charge in [-0.25, -0.2) is 0 Å². The summed E-state index contributed by atoms with van der Waals surface area (Å²) in [6.07, 6.45) is 9.05. The molecule has 0 saturated heterocycles. The standard InChI is InChI=1S/C35H26Br2N2/c36-29-21-27(24-9-3-1-4-10-24)17-19-31(29)38-23-39(34-16-8-14-26-13-7-15-33(38)35(26)34)32-20-18-28(22-30(32)37)25-11-5-2-6-12-25/h1,3-5,7-22H,2,6,23H2. The zero-order valence-electron chi connectivity index (χ0n) is 21.3. The van der Waals surface area contributed by atoms with Crippen LogP contribution in [-0.2, 0) is 0 Å². The Bertz CT molecular complexity index is 1770. The van der Waals surface area contributed by atoms with E-state index in [2.05, 4.69) is 163 Å². The number of rotatable bonds is 4. The lowest BCUT2D eigenvalue weighted by molar-refractivity contribution is 0.913. The molecule has 0 atom stereocenters. The van der Waals surface area contributed by atoms with Gasteiger partial charge in [-0.2, -0.15) is 0 Å². The molecule has 0 fully saturated rings. The number of nitrogens with zero attached hydrogens (tertiary/aromatic N) is 2. The second-order valence-corrected chi connectivity index (χ2v) is 11.7. The van der Waals surface area contributed by atoms with E-state index in [0.717, 1.165) is 33.2 Å². The molecule has 190 valence electrons. The Morgan fingerprint density at radius 3 is 1.79 bits per heavy atom. The molecule has 0 amide bonds. The highest BCUT2D eigenvalue weighted by molar-refractivity contribution is 9.11. The smallest absolute Gasteiger partial charge is 0.100 e. The predicted octanol–water partition coefficient (Wildman–Crippen LogP) is 11.0. The van der Waals surface area contributed by atoms with Crippen molar-refractivity contribution in [1.82, 2.24) is 0 Å². The molecule has 0 N–H and O–H groups in total. The lowest BCUT2D eigenvalue weighted by atomic mass is 9.98. The summed E-state index contributed by atoms with van der Waals surface area (Å²) in [7, 11) is 0. The van der Waals surface area contributed by atoms with Crippen LogP contribution in [0.25, 0.3) is 27.5 Å². The highest BCUT2D eigenvalue weighted by Gasteiger charge is 2.28. The maximum Gasteiger partial charge on any atom is 0.100 e. The average Bonchev–Trinajstić information content (AvgIpc) is 2.99. The van der Waals surface area contributed by atoms with Gasteiger partial charge in [-0.3, -0.25) is 0 Å². The van der Waals surface area contributed by atoms with Gasteiger partial charge in [0, 0.05) is 14.3 Å². The number of hydrogen-bond donors (Lipinski definition) is 0. The lowest BCUT2D eigenvalue weighted by Crippen LogP contribution is -2.36. The van der Waals surface area contributed by atoms with Crippen molar-refractivity contribution in [2.24, 2.45) is 0 Å². The Morgan fingerprint density at radius 2 is 1.18 bits per heavy atom. The van der Waals surface area contributed by atoms with Crippen molar-refractivity contribution in [3.05, 3.63) is 136 Å². The van der Waals surface area contributed by atoms with Crippen molar-refractivity contribution >= 4 is 71.0 Å². The predicted molar refractivity (Wildman–Crippen MR) is 173 cm³/mol. The highest BCUT2D eigenvalue weighted by atomic mass is 79.9. The molecular weight excluding hydrogens is 608 g/mol. The molecule has 5 aromatic rings. The number of benzene rings is 5. The van der Waals surface area contributed by atoms with Crippen molar-refractivity contribution in [3.63, 3.8) is 0 Å². The SMILES string of the molecule is Brc1cc(C2=CCCC=C2)ccc1N1CN(c2ccc(-c3ccccc3)cc2Br)c2cccc3cccc1c23. The normalized spacial score (nSPS) is 14.6. The summed E-state index contributed by atoms with van der Waals surface area (Å²) in [6, 6.07) is 37.2. The third-order valence-corrected chi connectivity index (χ3v) is 8.91. The molecule has 1 aliphatic heterocycles. The van der Waals surface area contributed by atoms with Crippen LogP contribution in [0.1, 0.15) is 18.4 Å². The van der Waals surface area contributed by atoms with E-state index in [4.69, 9.17) is 0 Å². The van der Waals surface area contributed by atoms with Gasteiger partial charge in [0.15, 0.2) is 0 Å². The van der Waals surface area contributed by atoms with Crippen LogP contribution in [0.4, 0.5) is 22.7 Å². The molecule has 0 bridgehead atoms. The van der Waals surface area contributed by atoms with Gasteiger partial charge < -0.3 is 9.80 Å². The molecule has 0 spiro atoms. The first kappa shape index (κ1) is 24.4. The number of halogens is 2. The molecule has 1 heterocycles. The van der Waals surface area contributed by atoms with Gasteiger partial charge >= 0.3 is 0 Å². The minimum absolute atomic E-state index is 0.694. The van der Waals surface area contributed by atoms with E-state index in [0.29, 0.717) is 6.67 Å². The third kappa shape index (κ3) is 4.42. The molecule has 0 unspecified atom stereocenters. The lowest BCUT2D eigenvalue weighted by Gasteiger charge is -2.40. The van der Waals surface area contributed by atoms with E-state index >= 15 is 0 Å². The Labute approximate surface area is 246 Å². The van der Waals surface area contributed by atoms with Crippen LogP contribution in [0.2, 0.25) is 0 Å². The topological polar surface area (TPSA) is 6.48 Å². The fourth-order valence-electron chi connectivity index (χ4n) is 5.73. The van der Waals surface area contributed by atoms with Crippen molar-refractivity contribution < 1.29 is 0 Å². The fourth-order valence-corrected chi connectivity index (χ4v) is 6.91. The number of hydrogen-bond acceptors (Lipinski definition) is 2. The van der Waals surface area contributed by atoms with Gasteiger partial charge in [0.1, 0.15) is 6.67 Å². The van der Waals surface area contributed by atoms with E-state index in [1.54, 1.807) is 0 Å². The van der Waals surface area contributed by atoms with Crippen LogP contribution in [-0.4, -0.2) is 6.67 Å². The van der Waals surface area contributed by atoms with Crippen LogP contribution >= 0.6 is 31.9 Å². The van der Waals surface area contributed by atoms with Gasteiger partial charge in [-0.1, -0.05) is 85.0 Å². The van der Waals surface area contributed by atoms with Crippen molar-refractivity contribution in [2.45, 2.75) is 12.8 Å². The summed E-state index contributed by atoms with van der Waals surface area (Å²) >= 11 is 7.87. The van der Waals surface area contributed by atoms with Gasteiger partial charge in [0.25, 0.3) is 0 Å².